The smallest absolute Gasteiger partial charge is 0.258 e. The molecule has 0 amide bonds. The molecule has 0 spiro atoms. The van der Waals surface area contributed by atoms with Gasteiger partial charge in [0.25, 0.3) is 5.56 Å². The lowest BCUT2D eigenvalue weighted by Crippen LogP contribution is -2.71. The van der Waals surface area contributed by atoms with Gasteiger partial charge in [-0.2, -0.15) is 5.11 Å². The molecule has 0 aliphatic heterocycles. The van der Waals surface area contributed by atoms with E-state index in [0.717, 1.165) is 11.1 Å². The molecule has 114 valence electrons. The van der Waals surface area contributed by atoms with Crippen molar-refractivity contribution >= 4 is 22.3 Å². The normalized spacial score (nSPS) is 11.6. The number of aromatic nitrogens is 2. The highest BCUT2D eigenvalue weighted by molar-refractivity contribution is 5.81. The van der Waals surface area contributed by atoms with E-state index in [0.29, 0.717) is 5.52 Å². The average molecular weight is 310 g/mol. The molecule has 0 unspecified atom stereocenters. The molecule has 0 radical (unpaired) electrons. The summed E-state index contributed by atoms with van der Waals surface area (Å²) in [5, 5.41) is 5.84. The Balaban J connectivity index is 1.98. The molecule has 0 aliphatic carbocycles. The van der Waals surface area contributed by atoms with Gasteiger partial charge in [-0.1, -0.05) is 0 Å². The lowest BCUT2D eigenvalue weighted by Gasteiger charge is -2.02. The molecular formula is C16H13FN5O+. The molecule has 0 aliphatic rings. The number of hydrogen-bond acceptors (Lipinski definition) is 4. The number of nitrogens with two attached hydrogens (primary N) is 1. The second-order valence-corrected chi connectivity index (χ2v) is 4.86. The van der Waals surface area contributed by atoms with Crippen molar-refractivity contribution in [2.45, 2.75) is 0 Å². The summed E-state index contributed by atoms with van der Waals surface area (Å²) in [4.78, 5) is 18.9. The fourth-order valence-electron chi connectivity index (χ4n) is 2.17. The Morgan fingerprint density at radius 1 is 1.30 bits per heavy atom. The highest BCUT2D eigenvalue weighted by Gasteiger charge is 2.10. The first-order valence-corrected chi connectivity index (χ1v) is 6.83. The van der Waals surface area contributed by atoms with Gasteiger partial charge in [0.15, 0.2) is 5.70 Å². The van der Waals surface area contributed by atoms with Gasteiger partial charge in [-0.25, -0.2) is 9.92 Å². The van der Waals surface area contributed by atoms with Crippen molar-refractivity contribution in [2.24, 2.45) is 5.11 Å². The Labute approximate surface area is 130 Å². The first-order chi connectivity index (χ1) is 11.2. The second kappa shape index (κ2) is 6.29. The SMILES string of the molecule is N=NC(=C[NH2+]c1ccc(F)cc1)c1cc2cnccc2[nH]c1=O. The van der Waals surface area contributed by atoms with Crippen molar-refractivity contribution in [1.82, 2.24) is 9.97 Å². The standard InChI is InChI=1S/C16H12FN5O/c17-11-1-3-12(4-2-11)20-9-15(22-18)13-7-10-8-19-6-5-14(10)21-16(13)23/h1-9,18,20H,(H,21,23)/p+1. The first kappa shape index (κ1) is 14.7. The van der Waals surface area contributed by atoms with Crippen LogP contribution in [0.1, 0.15) is 5.56 Å². The maximum absolute atomic E-state index is 12.9. The van der Waals surface area contributed by atoms with Crippen LogP contribution in [-0.2, 0) is 0 Å². The number of quaternary nitrogens is 1. The van der Waals surface area contributed by atoms with E-state index in [1.807, 2.05) is 0 Å². The van der Waals surface area contributed by atoms with Crippen LogP contribution in [0, 0.1) is 11.3 Å². The van der Waals surface area contributed by atoms with E-state index in [-0.39, 0.29) is 22.6 Å². The third-order valence-corrected chi connectivity index (χ3v) is 3.34. The molecule has 2 heterocycles. The molecule has 0 atom stereocenters. The first-order valence-electron chi connectivity index (χ1n) is 6.83. The van der Waals surface area contributed by atoms with Crippen molar-refractivity contribution in [3.8, 4) is 0 Å². The topological polar surface area (TPSA) is 98.6 Å². The Morgan fingerprint density at radius 3 is 2.83 bits per heavy atom. The summed E-state index contributed by atoms with van der Waals surface area (Å²) in [6.07, 6.45) is 4.76. The van der Waals surface area contributed by atoms with Crippen LogP contribution in [0.25, 0.3) is 16.6 Å². The average Bonchev–Trinajstić information content (AvgIpc) is 2.57. The lowest BCUT2D eigenvalue weighted by molar-refractivity contribution is -0.495. The molecule has 6 nitrogen and oxygen atoms in total. The minimum Gasteiger partial charge on any atom is -0.321 e. The summed E-state index contributed by atoms with van der Waals surface area (Å²) in [5.74, 6) is -0.324. The fraction of sp³-hybridized carbons (Fsp3) is 0. The Bertz CT molecular complexity index is 947. The zero-order valence-electron chi connectivity index (χ0n) is 12.0. The van der Waals surface area contributed by atoms with Crippen molar-refractivity contribution in [1.29, 1.82) is 5.53 Å². The lowest BCUT2D eigenvalue weighted by atomic mass is 10.1. The Kier molecular flexibility index (Phi) is 4.03. The Hall–Kier alpha value is -3.19. The molecular weight excluding hydrogens is 297 g/mol. The summed E-state index contributed by atoms with van der Waals surface area (Å²) in [7, 11) is 0. The zero-order chi connectivity index (χ0) is 16.2. The van der Waals surface area contributed by atoms with E-state index >= 15 is 0 Å². The minimum atomic E-state index is -0.335. The van der Waals surface area contributed by atoms with Crippen LogP contribution in [0.5, 0.6) is 0 Å². The molecule has 1 aromatic carbocycles. The number of aromatic amines is 1. The van der Waals surface area contributed by atoms with Crippen LogP contribution < -0.4 is 10.9 Å². The highest BCUT2D eigenvalue weighted by Crippen LogP contribution is 2.15. The van der Waals surface area contributed by atoms with E-state index in [4.69, 9.17) is 5.53 Å². The summed E-state index contributed by atoms with van der Waals surface area (Å²) in [5.41, 5.74) is 8.87. The predicted molar refractivity (Wildman–Crippen MR) is 83.5 cm³/mol. The Morgan fingerprint density at radius 2 is 2.09 bits per heavy atom. The van der Waals surface area contributed by atoms with E-state index < -0.39 is 0 Å². The van der Waals surface area contributed by atoms with Crippen molar-refractivity contribution in [3.63, 3.8) is 0 Å². The molecule has 2 aromatic heterocycles. The van der Waals surface area contributed by atoms with Gasteiger partial charge in [-0.05, 0) is 24.3 Å². The van der Waals surface area contributed by atoms with Crippen LogP contribution in [-0.4, -0.2) is 9.97 Å². The minimum absolute atomic E-state index is 0.210. The van der Waals surface area contributed by atoms with E-state index in [2.05, 4.69) is 15.1 Å². The second-order valence-electron chi connectivity index (χ2n) is 4.86. The molecule has 0 fully saturated rings. The summed E-state index contributed by atoms with van der Waals surface area (Å²) < 4.78 is 12.9. The number of hydrogen-bond donors (Lipinski definition) is 3. The van der Waals surface area contributed by atoms with Gasteiger partial charge in [-0.3, -0.25) is 15.1 Å². The highest BCUT2D eigenvalue weighted by atomic mass is 19.1. The van der Waals surface area contributed by atoms with Crippen LogP contribution >= 0.6 is 0 Å². The number of H-pyrrole nitrogens is 1. The van der Waals surface area contributed by atoms with Gasteiger partial charge in [-0.15, -0.1) is 0 Å². The predicted octanol–water partition coefficient (Wildman–Crippen LogP) is 2.29. The van der Waals surface area contributed by atoms with E-state index in [1.54, 1.807) is 48.2 Å². The van der Waals surface area contributed by atoms with Crippen molar-refractivity contribution < 1.29 is 9.71 Å². The van der Waals surface area contributed by atoms with E-state index in [1.165, 1.54) is 12.1 Å². The number of nitrogens with one attached hydrogen (secondary N) is 2. The van der Waals surface area contributed by atoms with Crippen LogP contribution in [0.4, 0.5) is 10.1 Å². The van der Waals surface area contributed by atoms with Crippen molar-refractivity contribution in [3.05, 3.63) is 76.7 Å². The molecule has 3 aromatic rings. The number of halogens is 1. The summed E-state index contributed by atoms with van der Waals surface area (Å²) in [6.45, 7) is 0. The quantitative estimate of drug-likeness (QED) is 0.509. The van der Waals surface area contributed by atoms with Crippen LogP contribution in [0.2, 0.25) is 0 Å². The van der Waals surface area contributed by atoms with Gasteiger partial charge in [0.05, 0.1) is 11.1 Å². The molecule has 7 heteroatoms. The van der Waals surface area contributed by atoms with Crippen LogP contribution in [0.15, 0.2) is 64.9 Å². The van der Waals surface area contributed by atoms with Gasteiger partial charge in [0, 0.05) is 29.9 Å². The number of benzene rings is 1. The van der Waals surface area contributed by atoms with Crippen LogP contribution in [0.3, 0.4) is 0 Å². The van der Waals surface area contributed by atoms with Gasteiger partial charge in [0.1, 0.15) is 17.7 Å². The van der Waals surface area contributed by atoms with E-state index in [9.17, 15) is 9.18 Å². The molecule has 0 bridgehead atoms. The fourth-order valence-corrected chi connectivity index (χ4v) is 2.17. The summed E-state index contributed by atoms with van der Waals surface area (Å²) in [6, 6.07) is 9.22. The third kappa shape index (κ3) is 3.19. The number of rotatable bonds is 4. The maximum atomic E-state index is 12.9. The molecule has 23 heavy (non-hydrogen) atoms. The van der Waals surface area contributed by atoms with Gasteiger partial charge in [0.2, 0.25) is 0 Å². The number of pyridine rings is 2. The molecule has 4 N–H and O–H groups in total. The summed E-state index contributed by atoms with van der Waals surface area (Å²) >= 11 is 0. The molecule has 3 rings (SSSR count). The number of nitrogens with zero attached hydrogens (tertiary/aromatic N) is 2. The monoisotopic (exact) mass is 310 g/mol. The zero-order valence-corrected chi connectivity index (χ0v) is 12.0. The third-order valence-electron chi connectivity index (χ3n) is 3.34. The van der Waals surface area contributed by atoms with Gasteiger partial charge < -0.3 is 4.98 Å². The van der Waals surface area contributed by atoms with Gasteiger partial charge >= 0.3 is 0 Å². The largest absolute Gasteiger partial charge is 0.321 e. The molecule has 0 saturated heterocycles. The maximum Gasteiger partial charge on any atom is 0.258 e. The number of fused-ring (bicyclic) bond motifs is 1. The molecule has 0 saturated carbocycles. The van der Waals surface area contributed by atoms with Crippen molar-refractivity contribution in [2.75, 3.05) is 0 Å².